The number of rotatable bonds is 4. The Kier molecular flexibility index (Phi) is 4.09. The molecule has 1 aliphatic rings. The van der Waals surface area contributed by atoms with Crippen LogP contribution in [-0.2, 0) is 11.3 Å². The van der Waals surface area contributed by atoms with Crippen LogP contribution >= 0.6 is 11.3 Å². The molecule has 25 heavy (non-hydrogen) atoms. The minimum absolute atomic E-state index is 0.0306. The number of nitrogens with zero attached hydrogens (tertiary/aromatic N) is 4. The van der Waals surface area contributed by atoms with Crippen molar-refractivity contribution in [3.8, 4) is 0 Å². The van der Waals surface area contributed by atoms with Crippen LogP contribution in [0.2, 0.25) is 0 Å². The average Bonchev–Trinajstić information content (AvgIpc) is 3.33. The molecule has 7 nitrogen and oxygen atoms in total. The summed E-state index contributed by atoms with van der Waals surface area (Å²) in [5.74, 6) is 0.190. The first-order valence-electron chi connectivity index (χ1n) is 8.35. The van der Waals surface area contributed by atoms with E-state index >= 15 is 0 Å². The molecule has 0 radical (unpaired) electrons. The van der Waals surface area contributed by atoms with Gasteiger partial charge in [-0.2, -0.15) is 5.10 Å². The van der Waals surface area contributed by atoms with Gasteiger partial charge < -0.3 is 9.64 Å². The Bertz CT molecular complexity index is 919. The van der Waals surface area contributed by atoms with E-state index in [1.165, 1.54) is 4.88 Å². The largest absolute Gasteiger partial charge is 0.381 e. The number of aromatic amines is 1. The number of ether oxygens (including phenoxy) is 1. The van der Waals surface area contributed by atoms with Gasteiger partial charge in [0, 0.05) is 30.6 Å². The lowest BCUT2D eigenvalue weighted by molar-refractivity contribution is 0.0781. The maximum atomic E-state index is 13.0. The van der Waals surface area contributed by atoms with Crippen molar-refractivity contribution in [3.05, 3.63) is 39.9 Å². The molecule has 3 aromatic rings. The maximum Gasteiger partial charge on any atom is 0.257 e. The van der Waals surface area contributed by atoms with Gasteiger partial charge in [-0.3, -0.25) is 14.3 Å². The van der Waals surface area contributed by atoms with Crippen molar-refractivity contribution in [1.29, 1.82) is 0 Å². The monoisotopic (exact) mass is 359 g/mol. The van der Waals surface area contributed by atoms with E-state index in [1.807, 2.05) is 14.0 Å². The Morgan fingerprint density at radius 2 is 2.36 bits per heavy atom. The second-order valence-corrected chi connectivity index (χ2v) is 7.77. The van der Waals surface area contributed by atoms with E-state index in [9.17, 15) is 4.79 Å². The van der Waals surface area contributed by atoms with Crippen molar-refractivity contribution >= 4 is 22.2 Å². The van der Waals surface area contributed by atoms with Crippen LogP contribution in [0.5, 0.6) is 0 Å². The highest BCUT2D eigenvalue weighted by atomic mass is 32.1. The number of aryl methyl sites for hydroxylation is 2. The summed E-state index contributed by atoms with van der Waals surface area (Å²) in [4.78, 5) is 21.5. The molecular formula is C17H21N5O2S. The third-order valence-electron chi connectivity index (χ3n) is 4.71. The highest BCUT2D eigenvalue weighted by Crippen LogP contribution is 2.27. The van der Waals surface area contributed by atoms with Gasteiger partial charge in [-0.05, 0) is 20.3 Å². The molecule has 4 heterocycles. The molecule has 1 aliphatic heterocycles. The molecule has 0 aliphatic carbocycles. The highest BCUT2D eigenvalue weighted by molar-refractivity contribution is 7.17. The number of nitrogens with one attached hydrogen (secondary N) is 1. The molecule has 1 amide bonds. The zero-order chi connectivity index (χ0) is 17.6. The molecule has 3 aromatic heterocycles. The van der Waals surface area contributed by atoms with Crippen molar-refractivity contribution in [2.24, 2.45) is 0 Å². The van der Waals surface area contributed by atoms with Gasteiger partial charge in [0.2, 0.25) is 0 Å². The summed E-state index contributed by atoms with van der Waals surface area (Å²) in [5, 5.41) is 7.09. The summed E-state index contributed by atoms with van der Waals surface area (Å²) in [7, 11) is 1.82. The molecule has 4 rings (SSSR count). The summed E-state index contributed by atoms with van der Waals surface area (Å²) in [5.41, 5.74) is 3.53. The Labute approximate surface area is 149 Å². The maximum absolute atomic E-state index is 13.0. The lowest BCUT2D eigenvalue weighted by Gasteiger charge is -2.18. The van der Waals surface area contributed by atoms with Crippen LogP contribution in [0.3, 0.4) is 0 Å². The molecule has 1 atom stereocenters. The van der Waals surface area contributed by atoms with Crippen molar-refractivity contribution < 1.29 is 9.53 Å². The third kappa shape index (κ3) is 2.85. The quantitative estimate of drug-likeness (QED) is 0.777. The number of imidazole rings is 1. The number of H-pyrrole nitrogens is 1. The van der Waals surface area contributed by atoms with Crippen LogP contribution in [0.25, 0.3) is 4.96 Å². The normalized spacial score (nSPS) is 17.5. The van der Waals surface area contributed by atoms with E-state index in [2.05, 4.69) is 32.7 Å². The first-order chi connectivity index (χ1) is 12.0. The van der Waals surface area contributed by atoms with Crippen molar-refractivity contribution in [3.63, 3.8) is 0 Å². The molecule has 1 unspecified atom stereocenters. The molecule has 1 N–H and O–H groups in total. The number of carbonyl (C=O) groups excluding carboxylic acids is 1. The zero-order valence-corrected chi connectivity index (χ0v) is 15.4. The Morgan fingerprint density at radius 3 is 3.12 bits per heavy atom. The summed E-state index contributed by atoms with van der Waals surface area (Å²) in [6.07, 6.45) is 4.62. The number of fused-ring (bicyclic) bond motifs is 1. The van der Waals surface area contributed by atoms with Crippen LogP contribution in [0, 0.1) is 13.8 Å². The Hall–Kier alpha value is -2.19. The fourth-order valence-electron chi connectivity index (χ4n) is 3.34. The topological polar surface area (TPSA) is 75.5 Å². The smallest absolute Gasteiger partial charge is 0.257 e. The Morgan fingerprint density at radius 1 is 1.52 bits per heavy atom. The summed E-state index contributed by atoms with van der Waals surface area (Å²) < 4.78 is 7.53. The van der Waals surface area contributed by atoms with E-state index in [0.29, 0.717) is 18.7 Å². The molecule has 0 spiro atoms. The second-order valence-electron chi connectivity index (χ2n) is 6.56. The lowest BCUT2D eigenvalue weighted by Crippen LogP contribution is -2.28. The van der Waals surface area contributed by atoms with Crippen molar-refractivity contribution in [2.45, 2.75) is 32.7 Å². The van der Waals surface area contributed by atoms with E-state index in [0.717, 1.165) is 35.1 Å². The summed E-state index contributed by atoms with van der Waals surface area (Å²) in [6.45, 7) is 5.94. The van der Waals surface area contributed by atoms with Crippen LogP contribution in [0.4, 0.5) is 0 Å². The number of aromatic nitrogens is 4. The van der Waals surface area contributed by atoms with Gasteiger partial charge in [-0.1, -0.05) is 0 Å². The van der Waals surface area contributed by atoms with Gasteiger partial charge in [-0.15, -0.1) is 11.3 Å². The fraction of sp³-hybridized carbons (Fsp3) is 0.471. The molecule has 0 saturated carbocycles. The number of carbonyl (C=O) groups is 1. The predicted molar refractivity (Wildman–Crippen MR) is 95.1 cm³/mol. The predicted octanol–water partition coefficient (Wildman–Crippen LogP) is 2.51. The molecule has 1 saturated heterocycles. The van der Waals surface area contributed by atoms with Crippen molar-refractivity contribution in [1.82, 2.24) is 24.5 Å². The molecule has 1 fully saturated rings. The summed E-state index contributed by atoms with van der Waals surface area (Å²) >= 11 is 1.66. The number of hydrogen-bond donors (Lipinski definition) is 1. The first kappa shape index (κ1) is 16.3. The molecule has 0 aromatic carbocycles. The number of thiazole rings is 1. The zero-order valence-electron chi connectivity index (χ0n) is 14.6. The van der Waals surface area contributed by atoms with Crippen LogP contribution in [-0.4, -0.2) is 50.7 Å². The van der Waals surface area contributed by atoms with Crippen LogP contribution in [0.1, 0.15) is 44.7 Å². The highest BCUT2D eigenvalue weighted by Gasteiger charge is 2.27. The second kappa shape index (κ2) is 6.27. The number of amides is 1. The van der Waals surface area contributed by atoms with E-state index in [4.69, 9.17) is 4.74 Å². The SMILES string of the molecule is Cc1cn2c(CN(C)C(=O)c3cn[nH]c3C3CCOC3)c(C)nc2s1. The van der Waals surface area contributed by atoms with E-state index in [1.54, 1.807) is 22.4 Å². The van der Waals surface area contributed by atoms with Gasteiger partial charge in [0.05, 0.1) is 42.0 Å². The average molecular weight is 359 g/mol. The van der Waals surface area contributed by atoms with E-state index in [-0.39, 0.29) is 11.8 Å². The number of hydrogen-bond acceptors (Lipinski definition) is 5. The lowest BCUT2D eigenvalue weighted by atomic mass is 10.0. The van der Waals surface area contributed by atoms with Gasteiger partial charge in [0.1, 0.15) is 0 Å². The van der Waals surface area contributed by atoms with Gasteiger partial charge >= 0.3 is 0 Å². The first-order valence-corrected chi connectivity index (χ1v) is 9.16. The minimum atomic E-state index is -0.0306. The molecule has 8 heteroatoms. The molecule has 0 bridgehead atoms. The molecule has 132 valence electrons. The van der Waals surface area contributed by atoms with Gasteiger partial charge in [-0.25, -0.2) is 4.98 Å². The van der Waals surface area contributed by atoms with Crippen LogP contribution < -0.4 is 0 Å². The van der Waals surface area contributed by atoms with E-state index < -0.39 is 0 Å². The van der Waals surface area contributed by atoms with Gasteiger partial charge in [0.15, 0.2) is 4.96 Å². The third-order valence-corrected chi connectivity index (χ3v) is 5.61. The fourth-order valence-corrected chi connectivity index (χ4v) is 4.23. The summed E-state index contributed by atoms with van der Waals surface area (Å²) in [6, 6.07) is 0. The van der Waals surface area contributed by atoms with Crippen LogP contribution in [0.15, 0.2) is 12.4 Å². The Balaban J connectivity index is 1.58. The van der Waals surface area contributed by atoms with Crippen molar-refractivity contribution in [2.75, 3.05) is 20.3 Å². The van der Waals surface area contributed by atoms with Gasteiger partial charge in [0.25, 0.3) is 5.91 Å². The minimum Gasteiger partial charge on any atom is -0.381 e. The standard InChI is InChI=1S/C17H21N5O2S/c1-10-7-22-14(11(2)19-17(22)25-10)8-21(3)16(23)13-6-18-20-15(13)12-4-5-24-9-12/h6-7,12H,4-5,8-9H2,1-3H3,(H,18,20). The molecular weight excluding hydrogens is 338 g/mol.